The third kappa shape index (κ3) is 3.16. The number of hydrogen-bond acceptors (Lipinski definition) is 5. The highest BCUT2D eigenvalue weighted by molar-refractivity contribution is 7.99. The number of anilines is 1. The van der Waals surface area contributed by atoms with Crippen molar-refractivity contribution in [2.75, 3.05) is 18.1 Å². The Kier molecular flexibility index (Phi) is 5.01. The third-order valence-corrected chi connectivity index (χ3v) is 3.71. The van der Waals surface area contributed by atoms with Crippen LogP contribution in [0, 0.1) is 10.1 Å². The Morgan fingerprint density at radius 1 is 1.50 bits per heavy atom. The van der Waals surface area contributed by atoms with Crippen molar-refractivity contribution in [1.82, 2.24) is 9.78 Å². The topological polar surface area (TPSA) is 73.0 Å². The van der Waals surface area contributed by atoms with Gasteiger partial charge in [0.15, 0.2) is 0 Å². The molecule has 6 nitrogen and oxygen atoms in total. The lowest BCUT2D eigenvalue weighted by Gasteiger charge is -2.10. The number of nitrogens with one attached hydrogen (secondary N) is 1. The van der Waals surface area contributed by atoms with Crippen molar-refractivity contribution >= 4 is 23.3 Å². The van der Waals surface area contributed by atoms with E-state index in [1.54, 1.807) is 23.5 Å². The molecule has 1 rings (SSSR count). The second-order valence-corrected chi connectivity index (χ2v) is 5.82. The fraction of sp³-hybridized carbons (Fsp3) is 0.727. The number of thioether (sulfide) groups is 1. The first kappa shape index (κ1) is 14.8. The number of aryl methyl sites for hydroxylation is 1. The molecule has 0 aliphatic heterocycles. The molecule has 1 unspecified atom stereocenters. The van der Waals surface area contributed by atoms with E-state index in [-0.39, 0.29) is 16.5 Å². The van der Waals surface area contributed by atoms with Gasteiger partial charge in [-0.05, 0) is 6.26 Å². The average Bonchev–Trinajstić information content (AvgIpc) is 2.63. The maximum absolute atomic E-state index is 11.2. The molecule has 0 amide bonds. The molecule has 0 fully saturated rings. The Labute approximate surface area is 111 Å². The molecule has 0 bridgehead atoms. The molecular weight excluding hydrogens is 252 g/mol. The van der Waals surface area contributed by atoms with Gasteiger partial charge in [0, 0.05) is 24.8 Å². The maximum atomic E-state index is 11.2. The standard InChI is InChI=1S/C11H20N4O2S/c1-7(2)9-10(15(16)17)11(14(4)13-9)12-6-8(3)18-5/h7-8,12H,6H2,1-5H3. The van der Waals surface area contributed by atoms with Crippen molar-refractivity contribution < 1.29 is 4.92 Å². The smallest absolute Gasteiger partial charge is 0.334 e. The highest BCUT2D eigenvalue weighted by Crippen LogP contribution is 2.32. The van der Waals surface area contributed by atoms with Crippen LogP contribution in [0.25, 0.3) is 0 Å². The van der Waals surface area contributed by atoms with E-state index in [0.717, 1.165) is 0 Å². The molecule has 0 aromatic carbocycles. The summed E-state index contributed by atoms with van der Waals surface area (Å²) in [7, 11) is 1.73. The fourth-order valence-electron chi connectivity index (χ4n) is 1.62. The molecule has 0 aliphatic carbocycles. The van der Waals surface area contributed by atoms with Crippen molar-refractivity contribution in [2.24, 2.45) is 7.05 Å². The van der Waals surface area contributed by atoms with Crippen LogP contribution in [0.5, 0.6) is 0 Å². The first-order chi connectivity index (χ1) is 8.38. The van der Waals surface area contributed by atoms with Gasteiger partial charge in [0.2, 0.25) is 5.82 Å². The van der Waals surface area contributed by atoms with E-state index in [1.807, 2.05) is 20.1 Å². The number of aromatic nitrogens is 2. The zero-order valence-electron chi connectivity index (χ0n) is 11.4. The lowest BCUT2D eigenvalue weighted by Crippen LogP contribution is -2.15. The Bertz CT molecular complexity index is 431. The molecule has 1 heterocycles. The predicted molar refractivity (Wildman–Crippen MR) is 75.4 cm³/mol. The summed E-state index contributed by atoms with van der Waals surface area (Å²) in [5.74, 6) is 0.523. The molecule has 0 saturated heterocycles. The van der Waals surface area contributed by atoms with Gasteiger partial charge in [0.25, 0.3) is 0 Å². The van der Waals surface area contributed by atoms with Crippen LogP contribution in [-0.2, 0) is 7.05 Å². The Morgan fingerprint density at radius 3 is 2.56 bits per heavy atom. The Morgan fingerprint density at radius 2 is 2.11 bits per heavy atom. The van der Waals surface area contributed by atoms with Crippen LogP contribution >= 0.6 is 11.8 Å². The van der Waals surface area contributed by atoms with E-state index < -0.39 is 0 Å². The molecule has 1 aromatic heterocycles. The first-order valence-electron chi connectivity index (χ1n) is 5.86. The van der Waals surface area contributed by atoms with E-state index in [0.29, 0.717) is 23.3 Å². The summed E-state index contributed by atoms with van der Waals surface area (Å²) in [6, 6.07) is 0. The molecule has 1 aromatic rings. The van der Waals surface area contributed by atoms with Crippen LogP contribution in [0.1, 0.15) is 32.4 Å². The molecular formula is C11H20N4O2S. The van der Waals surface area contributed by atoms with Gasteiger partial charge in [-0.2, -0.15) is 16.9 Å². The van der Waals surface area contributed by atoms with E-state index in [9.17, 15) is 10.1 Å². The van der Waals surface area contributed by atoms with Gasteiger partial charge in [0.1, 0.15) is 5.69 Å². The van der Waals surface area contributed by atoms with Crippen LogP contribution in [0.3, 0.4) is 0 Å². The van der Waals surface area contributed by atoms with Crippen molar-refractivity contribution in [3.8, 4) is 0 Å². The Balaban J connectivity index is 3.06. The minimum atomic E-state index is -0.353. The minimum Gasteiger partial charge on any atom is -0.363 e. The van der Waals surface area contributed by atoms with E-state index in [1.165, 1.54) is 0 Å². The summed E-state index contributed by atoms with van der Waals surface area (Å²) in [5.41, 5.74) is 0.627. The van der Waals surface area contributed by atoms with Gasteiger partial charge in [0.05, 0.1) is 4.92 Å². The number of hydrogen-bond donors (Lipinski definition) is 1. The van der Waals surface area contributed by atoms with Gasteiger partial charge in [-0.3, -0.25) is 10.1 Å². The monoisotopic (exact) mass is 272 g/mol. The predicted octanol–water partition coefficient (Wildman–Crippen LogP) is 2.62. The second-order valence-electron chi connectivity index (χ2n) is 4.55. The normalized spacial score (nSPS) is 12.8. The van der Waals surface area contributed by atoms with Gasteiger partial charge in [-0.15, -0.1) is 0 Å². The van der Waals surface area contributed by atoms with Crippen molar-refractivity contribution in [2.45, 2.75) is 31.9 Å². The Hall–Kier alpha value is -1.24. The zero-order chi connectivity index (χ0) is 13.9. The quantitative estimate of drug-likeness (QED) is 0.636. The number of nitro groups is 1. The highest BCUT2D eigenvalue weighted by atomic mass is 32.2. The summed E-state index contributed by atoms with van der Waals surface area (Å²) in [5, 5.41) is 18.9. The molecule has 0 aliphatic rings. The molecule has 1 N–H and O–H groups in total. The molecule has 0 radical (unpaired) electrons. The largest absolute Gasteiger partial charge is 0.363 e. The van der Waals surface area contributed by atoms with Gasteiger partial charge in [-0.25, -0.2) is 4.68 Å². The van der Waals surface area contributed by atoms with Crippen LogP contribution < -0.4 is 5.32 Å². The van der Waals surface area contributed by atoms with Crippen molar-refractivity contribution in [1.29, 1.82) is 0 Å². The summed E-state index contributed by atoms with van der Waals surface area (Å²) in [4.78, 5) is 10.8. The number of nitrogens with zero attached hydrogens (tertiary/aromatic N) is 3. The maximum Gasteiger partial charge on any atom is 0.334 e. The van der Waals surface area contributed by atoms with Gasteiger partial charge < -0.3 is 5.32 Å². The van der Waals surface area contributed by atoms with E-state index in [4.69, 9.17) is 0 Å². The molecule has 102 valence electrons. The first-order valence-corrected chi connectivity index (χ1v) is 7.15. The SMILES string of the molecule is CSC(C)CNc1c([N+](=O)[O-])c(C(C)C)nn1C. The molecule has 1 atom stereocenters. The van der Waals surface area contributed by atoms with Crippen LogP contribution in [0.2, 0.25) is 0 Å². The average molecular weight is 272 g/mol. The third-order valence-electron chi connectivity index (χ3n) is 2.74. The molecule has 18 heavy (non-hydrogen) atoms. The summed E-state index contributed by atoms with van der Waals surface area (Å²) in [6.07, 6.45) is 2.02. The summed E-state index contributed by atoms with van der Waals surface area (Å²) < 4.78 is 1.56. The lowest BCUT2D eigenvalue weighted by molar-refractivity contribution is -0.384. The minimum absolute atomic E-state index is 0.0325. The lowest BCUT2D eigenvalue weighted by atomic mass is 10.1. The van der Waals surface area contributed by atoms with Crippen molar-refractivity contribution in [3.05, 3.63) is 15.8 Å². The fourth-order valence-corrected chi connectivity index (χ4v) is 1.87. The second kappa shape index (κ2) is 6.08. The van der Waals surface area contributed by atoms with Crippen molar-refractivity contribution in [3.63, 3.8) is 0 Å². The summed E-state index contributed by atoms with van der Waals surface area (Å²) in [6.45, 7) is 6.57. The number of rotatable bonds is 6. The molecule has 0 saturated carbocycles. The van der Waals surface area contributed by atoms with Gasteiger partial charge >= 0.3 is 5.69 Å². The summed E-state index contributed by atoms with van der Waals surface area (Å²) >= 11 is 1.72. The van der Waals surface area contributed by atoms with E-state index >= 15 is 0 Å². The van der Waals surface area contributed by atoms with Crippen LogP contribution in [0.4, 0.5) is 11.5 Å². The highest BCUT2D eigenvalue weighted by Gasteiger charge is 2.28. The molecule has 7 heteroatoms. The zero-order valence-corrected chi connectivity index (χ0v) is 12.2. The van der Waals surface area contributed by atoms with E-state index in [2.05, 4.69) is 17.3 Å². The molecule has 0 spiro atoms. The van der Waals surface area contributed by atoms with Gasteiger partial charge in [-0.1, -0.05) is 20.8 Å². The van der Waals surface area contributed by atoms with Crippen LogP contribution in [-0.4, -0.2) is 32.8 Å². The van der Waals surface area contributed by atoms with Crippen LogP contribution in [0.15, 0.2) is 0 Å².